The SMILES string of the molecule is CO/N=C(\CN(C)C(=O)c1cc(Cl)cc(Cl)c1)C(CCN1CCC(N2CCCN(Cc3ccco3)C2=O)CC1)c1ccccc1. The van der Waals surface area contributed by atoms with Gasteiger partial charge in [-0.2, -0.15) is 0 Å². The smallest absolute Gasteiger partial charge is 0.320 e. The number of hydrogen-bond donors (Lipinski definition) is 0. The highest BCUT2D eigenvalue weighted by Crippen LogP contribution is 2.27. The van der Waals surface area contributed by atoms with Crippen LogP contribution in [-0.2, 0) is 11.4 Å². The highest BCUT2D eigenvalue weighted by molar-refractivity contribution is 6.35. The summed E-state index contributed by atoms with van der Waals surface area (Å²) < 4.78 is 5.49. The Labute approximate surface area is 275 Å². The fraction of sp³-hybridized carbons (Fsp3) is 0.441. The van der Waals surface area contributed by atoms with E-state index in [1.54, 1.807) is 36.4 Å². The van der Waals surface area contributed by atoms with Crippen LogP contribution < -0.4 is 0 Å². The molecule has 1 unspecified atom stereocenters. The number of carbonyl (C=O) groups excluding carboxylic acids is 2. The molecular weight excluding hydrogens is 613 g/mol. The zero-order valence-electron chi connectivity index (χ0n) is 25.9. The summed E-state index contributed by atoms with van der Waals surface area (Å²) in [4.78, 5) is 40.0. The maximum absolute atomic E-state index is 13.3. The van der Waals surface area contributed by atoms with Gasteiger partial charge in [0.15, 0.2) is 0 Å². The van der Waals surface area contributed by atoms with E-state index in [0.717, 1.165) is 75.4 Å². The molecule has 1 aromatic heterocycles. The van der Waals surface area contributed by atoms with E-state index in [4.69, 9.17) is 32.5 Å². The van der Waals surface area contributed by atoms with Crippen molar-refractivity contribution in [2.45, 2.75) is 44.2 Å². The van der Waals surface area contributed by atoms with Crippen molar-refractivity contribution < 1.29 is 18.8 Å². The van der Waals surface area contributed by atoms with Gasteiger partial charge in [-0.1, -0.05) is 58.7 Å². The third-order valence-electron chi connectivity index (χ3n) is 8.67. The maximum atomic E-state index is 13.3. The molecule has 2 aromatic carbocycles. The number of carbonyl (C=O) groups is 2. The number of hydrogen-bond acceptors (Lipinski definition) is 6. The molecule has 2 fully saturated rings. The lowest BCUT2D eigenvalue weighted by Gasteiger charge is -2.43. The molecule has 11 heteroatoms. The maximum Gasteiger partial charge on any atom is 0.320 e. The number of amides is 3. The molecule has 0 radical (unpaired) electrons. The van der Waals surface area contributed by atoms with Crippen molar-refractivity contribution in [1.82, 2.24) is 19.6 Å². The van der Waals surface area contributed by atoms with Gasteiger partial charge in [-0.3, -0.25) is 4.79 Å². The van der Waals surface area contributed by atoms with E-state index in [-0.39, 0.29) is 30.4 Å². The largest absolute Gasteiger partial charge is 0.467 e. The molecule has 2 aliphatic rings. The number of oxime groups is 1. The summed E-state index contributed by atoms with van der Waals surface area (Å²) in [6, 6.07) is 19.2. The van der Waals surface area contributed by atoms with E-state index in [0.29, 0.717) is 22.2 Å². The van der Waals surface area contributed by atoms with Gasteiger partial charge in [0, 0.05) is 60.8 Å². The summed E-state index contributed by atoms with van der Waals surface area (Å²) in [5, 5.41) is 5.25. The van der Waals surface area contributed by atoms with Crippen LogP contribution in [0.1, 0.15) is 53.3 Å². The monoisotopic (exact) mass is 653 g/mol. The molecule has 3 aromatic rings. The third-order valence-corrected chi connectivity index (χ3v) is 9.11. The Balaban J connectivity index is 1.21. The minimum absolute atomic E-state index is 0.0547. The first kappa shape index (κ1) is 32.9. The fourth-order valence-corrected chi connectivity index (χ4v) is 6.92. The fourth-order valence-electron chi connectivity index (χ4n) is 6.39. The number of furan rings is 1. The summed E-state index contributed by atoms with van der Waals surface area (Å²) >= 11 is 12.3. The van der Waals surface area contributed by atoms with Gasteiger partial charge in [-0.25, -0.2) is 4.79 Å². The molecule has 1 atom stereocenters. The highest BCUT2D eigenvalue weighted by Gasteiger charge is 2.34. The Morgan fingerprint density at radius 2 is 1.78 bits per heavy atom. The van der Waals surface area contributed by atoms with Crippen molar-refractivity contribution >= 4 is 40.9 Å². The van der Waals surface area contributed by atoms with Crippen LogP contribution in [0.25, 0.3) is 0 Å². The Bertz CT molecular complexity index is 1420. The number of piperidine rings is 1. The molecule has 9 nitrogen and oxygen atoms in total. The van der Waals surface area contributed by atoms with Crippen molar-refractivity contribution in [3.63, 3.8) is 0 Å². The third kappa shape index (κ3) is 8.60. The van der Waals surface area contributed by atoms with Crippen LogP contribution in [-0.4, -0.2) is 96.7 Å². The summed E-state index contributed by atoms with van der Waals surface area (Å²) in [6.45, 7) is 5.05. The van der Waals surface area contributed by atoms with Crippen molar-refractivity contribution in [1.29, 1.82) is 0 Å². The first-order valence-corrected chi connectivity index (χ1v) is 16.2. The van der Waals surface area contributed by atoms with Crippen LogP contribution in [0.2, 0.25) is 10.0 Å². The van der Waals surface area contributed by atoms with Gasteiger partial charge in [-0.05, 0) is 68.1 Å². The summed E-state index contributed by atoms with van der Waals surface area (Å²) in [6.07, 6.45) is 5.30. The Hall–Kier alpha value is -3.53. The Morgan fingerprint density at radius 1 is 1.04 bits per heavy atom. The lowest BCUT2D eigenvalue weighted by Crippen LogP contribution is -2.55. The molecule has 2 saturated heterocycles. The van der Waals surface area contributed by atoms with Gasteiger partial charge in [0.1, 0.15) is 12.9 Å². The number of halogens is 2. The van der Waals surface area contributed by atoms with Gasteiger partial charge in [0.2, 0.25) is 0 Å². The molecule has 0 aliphatic carbocycles. The molecule has 3 heterocycles. The van der Waals surface area contributed by atoms with Crippen LogP contribution in [0.4, 0.5) is 4.79 Å². The summed E-state index contributed by atoms with van der Waals surface area (Å²) in [5.41, 5.74) is 2.30. The molecule has 0 N–H and O–H groups in total. The van der Waals surface area contributed by atoms with E-state index in [1.165, 1.54) is 7.11 Å². The van der Waals surface area contributed by atoms with E-state index < -0.39 is 0 Å². The number of benzene rings is 2. The van der Waals surface area contributed by atoms with E-state index >= 15 is 0 Å². The predicted octanol–water partition coefficient (Wildman–Crippen LogP) is 6.63. The molecule has 2 aliphatic heterocycles. The Kier molecular flexibility index (Phi) is 11.4. The lowest BCUT2D eigenvalue weighted by molar-refractivity contribution is 0.0741. The second kappa shape index (κ2) is 15.7. The molecule has 3 amide bonds. The molecule has 240 valence electrons. The van der Waals surface area contributed by atoms with Crippen molar-refractivity contribution in [2.75, 3.05) is 53.4 Å². The molecule has 5 rings (SSSR count). The van der Waals surface area contributed by atoms with Crippen LogP contribution >= 0.6 is 23.2 Å². The number of rotatable bonds is 12. The quantitative estimate of drug-likeness (QED) is 0.162. The van der Waals surface area contributed by atoms with Gasteiger partial charge in [0.05, 0.1) is 25.1 Å². The summed E-state index contributed by atoms with van der Waals surface area (Å²) in [5.74, 6) is 0.557. The van der Waals surface area contributed by atoms with Crippen LogP contribution in [0, 0.1) is 0 Å². The van der Waals surface area contributed by atoms with Crippen LogP contribution in [0.15, 0.2) is 76.5 Å². The standard InChI is InChI=1S/C34H41Cl2N5O4/c1-38(33(42)26-20-27(35)22-28(36)21-26)24-32(37-44-2)31(25-8-4-3-5-9-25)13-18-39-16-11-29(12-17-39)41-15-7-14-40(34(41)43)23-30-10-6-19-45-30/h3-6,8-10,19-22,29,31H,7,11-18,23-24H2,1-2H3/b37-32+. The zero-order chi connectivity index (χ0) is 31.8. The number of likely N-dealkylation sites (tertiary alicyclic amines) is 1. The van der Waals surface area contributed by atoms with E-state index in [2.05, 4.69) is 27.1 Å². The predicted molar refractivity (Wildman–Crippen MR) is 177 cm³/mol. The highest BCUT2D eigenvalue weighted by atomic mass is 35.5. The molecule has 0 saturated carbocycles. The van der Waals surface area contributed by atoms with Crippen molar-refractivity contribution in [2.24, 2.45) is 5.16 Å². The normalized spacial score (nSPS) is 17.4. The lowest BCUT2D eigenvalue weighted by atomic mass is 9.89. The van der Waals surface area contributed by atoms with Crippen LogP contribution in [0.5, 0.6) is 0 Å². The first-order valence-electron chi connectivity index (χ1n) is 15.5. The van der Waals surface area contributed by atoms with Gasteiger partial charge < -0.3 is 28.9 Å². The second-order valence-corrected chi connectivity index (χ2v) is 12.6. The minimum atomic E-state index is -0.202. The van der Waals surface area contributed by atoms with Gasteiger partial charge >= 0.3 is 6.03 Å². The average Bonchev–Trinajstić information content (AvgIpc) is 3.55. The Morgan fingerprint density at radius 3 is 2.44 bits per heavy atom. The molecule has 45 heavy (non-hydrogen) atoms. The number of urea groups is 1. The van der Waals surface area contributed by atoms with E-state index in [9.17, 15) is 9.59 Å². The van der Waals surface area contributed by atoms with E-state index in [1.807, 2.05) is 35.2 Å². The summed E-state index contributed by atoms with van der Waals surface area (Å²) in [7, 11) is 3.27. The average molecular weight is 655 g/mol. The first-order chi connectivity index (χ1) is 21.8. The number of nitrogens with zero attached hydrogens (tertiary/aromatic N) is 5. The second-order valence-electron chi connectivity index (χ2n) is 11.7. The van der Waals surface area contributed by atoms with Gasteiger partial charge in [-0.15, -0.1) is 0 Å². The van der Waals surface area contributed by atoms with Crippen molar-refractivity contribution in [3.8, 4) is 0 Å². The van der Waals surface area contributed by atoms with Crippen LogP contribution in [0.3, 0.4) is 0 Å². The van der Waals surface area contributed by atoms with Gasteiger partial charge in [0.25, 0.3) is 5.91 Å². The minimum Gasteiger partial charge on any atom is -0.467 e. The molecule has 0 spiro atoms. The topological polar surface area (TPSA) is 81.8 Å². The molecular formula is C34H41Cl2N5O4. The zero-order valence-corrected chi connectivity index (χ0v) is 27.4. The molecule has 0 bridgehead atoms. The van der Waals surface area contributed by atoms with Crippen molar-refractivity contribution in [3.05, 3.63) is 93.9 Å².